The molecular weight excluding hydrogens is 363 g/mol. The van der Waals surface area contributed by atoms with Gasteiger partial charge in [-0.05, 0) is 81.0 Å². The molecule has 1 aromatic rings. The van der Waals surface area contributed by atoms with Crippen molar-refractivity contribution in [3.05, 3.63) is 34.6 Å². The molecule has 0 atom stereocenters. The highest BCUT2D eigenvalue weighted by Crippen LogP contribution is 2.40. The van der Waals surface area contributed by atoms with E-state index < -0.39 is 0 Å². The van der Waals surface area contributed by atoms with Crippen LogP contribution in [-0.2, 0) is 4.79 Å². The number of nitrogens with zero attached hydrogens (tertiary/aromatic N) is 1. The van der Waals surface area contributed by atoms with E-state index in [1.807, 2.05) is 20.2 Å². The van der Waals surface area contributed by atoms with E-state index in [2.05, 4.69) is 5.32 Å². The third kappa shape index (κ3) is 4.83. The lowest BCUT2D eigenvalue weighted by atomic mass is 9.77. The predicted octanol–water partition coefficient (Wildman–Crippen LogP) is 5.13. The van der Waals surface area contributed by atoms with Crippen molar-refractivity contribution in [1.29, 1.82) is 0 Å². The molecule has 27 heavy (non-hydrogen) atoms. The first-order valence-electron chi connectivity index (χ1n) is 10.3. The highest BCUT2D eigenvalue weighted by molar-refractivity contribution is 6.31. The largest absolute Gasteiger partial charge is 0.347 e. The van der Waals surface area contributed by atoms with Crippen LogP contribution in [0.2, 0.25) is 5.02 Å². The van der Waals surface area contributed by atoms with Crippen LogP contribution < -0.4 is 5.32 Å². The highest BCUT2D eigenvalue weighted by Gasteiger charge is 2.41. The monoisotopic (exact) mass is 394 g/mol. The van der Waals surface area contributed by atoms with E-state index in [-0.39, 0.29) is 17.3 Å². The van der Waals surface area contributed by atoms with Crippen LogP contribution in [0.15, 0.2) is 18.2 Å². The van der Waals surface area contributed by atoms with Crippen molar-refractivity contribution in [2.24, 2.45) is 5.92 Å². The number of halogens is 2. The van der Waals surface area contributed by atoms with Gasteiger partial charge in [0.05, 0.1) is 5.54 Å². The van der Waals surface area contributed by atoms with Crippen LogP contribution in [0.5, 0.6) is 0 Å². The molecule has 0 bridgehead atoms. The number of hydrogen-bond donors (Lipinski definition) is 1. The molecule has 0 radical (unpaired) electrons. The van der Waals surface area contributed by atoms with E-state index in [0.29, 0.717) is 16.9 Å². The summed E-state index contributed by atoms with van der Waals surface area (Å²) in [6.45, 7) is 0.909. The van der Waals surface area contributed by atoms with Crippen LogP contribution in [0, 0.1) is 11.7 Å². The second-order valence-corrected chi connectivity index (χ2v) is 8.99. The van der Waals surface area contributed by atoms with Crippen LogP contribution in [0.3, 0.4) is 0 Å². The van der Waals surface area contributed by atoms with Gasteiger partial charge in [-0.25, -0.2) is 4.39 Å². The van der Waals surface area contributed by atoms with Crippen molar-refractivity contribution in [2.75, 3.05) is 20.6 Å². The molecule has 0 unspecified atom stereocenters. The van der Waals surface area contributed by atoms with Gasteiger partial charge < -0.3 is 10.2 Å². The molecule has 2 saturated carbocycles. The second kappa shape index (κ2) is 8.91. The first-order valence-corrected chi connectivity index (χ1v) is 10.7. The van der Waals surface area contributed by atoms with Crippen LogP contribution in [-0.4, -0.2) is 37.0 Å². The minimum atomic E-state index is -0.331. The van der Waals surface area contributed by atoms with Crippen molar-refractivity contribution in [1.82, 2.24) is 10.2 Å². The summed E-state index contributed by atoms with van der Waals surface area (Å²) in [5.41, 5.74) is 0.763. The summed E-state index contributed by atoms with van der Waals surface area (Å²) in [6, 6.07) is 4.79. The fourth-order valence-electron chi connectivity index (χ4n) is 4.98. The standard InChI is InChI=1S/C22H32ClFN2O/c1-26(2)21(27)22(12-3-4-13-22)25-14-11-16-5-7-17(8-6-16)19-10-9-18(24)15-20(19)23/h9-10,15-17,25H,3-8,11-14H2,1-2H3/t16-,17+. The molecule has 1 amide bonds. The van der Waals surface area contributed by atoms with Gasteiger partial charge >= 0.3 is 0 Å². The zero-order valence-electron chi connectivity index (χ0n) is 16.6. The Kier molecular flexibility index (Phi) is 6.80. The van der Waals surface area contributed by atoms with Gasteiger partial charge in [-0.2, -0.15) is 0 Å². The predicted molar refractivity (Wildman–Crippen MR) is 109 cm³/mol. The molecule has 0 aromatic heterocycles. The Balaban J connectivity index is 1.47. The number of rotatable bonds is 6. The Bertz CT molecular complexity index is 650. The van der Waals surface area contributed by atoms with E-state index in [1.165, 1.54) is 25.0 Å². The van der Waals surface area contributed by atoms with Gasteiger partial charge in [0.1, 0.15) is 5.82 Å². The first kappa shape index (κ1) is 20.6. The fraction of sp³-hybridized carbons (Fsp3) is 0.682. The van der Waals surface area contributed by atoms with Gasteiger partial charge in [0, 0.05) is 19.1 Å². The quantitative estimate of drug-likeness (QED) is 0.725. The molecule has 150 valence electrons. The van der Waals surface area contributed by atoms with Crippen LogP contribution >= 0.6 is 11.6 Å². The summed E-state index contributed by atoms with van der Waals surface area (Å²) in [7, 11) is 3.71. The summed E-state index contributed by atoms with van der Waals surface area (Å²) >= 11 is 6.24. The van der Waals surface area contributed by atoms with Gasteiger partial charge in [-0.3, -0.25) is 4.79 Å². The summed E-state index contributed by atoms with van der Waals surface area (Å²) < 4.78 is 13.3. The highest BCUT2D eigenvalue weighted by atomic mass is 35.5. The third-order valence-corrected chi connectivity index (χ3v) is 6.87. The minimum absolute atomic E-state index is 0.231. The molecular formula is C22H32ClFN2O. The number of benzene rings is 1. The zero-order valence-corrected chi connectivity index (χ0v) is 17.3. The number of nitrogens with one attached hydrogen (secondary N) is 1. The molecule has 2 fully saturated rings. The topological polar surface area (TPSA) is 32.3 Å². The lowest BCUT2D eigenvalue weighted by Crippen LogP contribution is -2.55. The Morgan fingerprint density at radius 1 is 1.22 bits per heavy atom. The number of hydrogen-bond acceptors (Lipinski definition) is 2. The van der Waals surface area contributed by atoms with Crippen molar-refractivity contribution in [2.45, 2.75) is 69.2 Å². The molecule has 3 rings (SSSR count). The van der Waals surface area contributed by atoms with E-state index in [4.69, 9.17) is 11.6 Å². The minimum Gasteiger partial charge on any atom is -0.347 e. The van der Waals surface area contributed by atoms with Gasteiger partial charge in [0.15, 0.2) is 0 Å². The summed E-state index contributed by atoms with van der Waals surface area (Å²) in [6.07, 6.45) is 9.87. The van der Waals surface area contributed by atoms with Crippen molar-refractivity contribution >= 4 is 17.5 Å². The Labute approximate surface area is 167 Å². The van der Waals surface area contributed by atoms with Crippen LogP contribution in [0.25, 0.3) is 0 Å². The maximum atomic E-state index is 13.3. The number of likely N-dealkylation sites (N-methyl/N-ethyl adjacent to an activating group) is 1. The van der Waals surface area contributed by atoms with Gasteiger partial charge in [0.25, 0.3) is 0 Å². The van der Waals surface area contributed by atoms with Crippen LogP contribution in [0.4, 0.5) is 4.39 Å². The first-order chi connectivity index (χ1) is 12.9. The molecule has 0 saturated heterocycles. The van der Waals surface area contributed by atoms with Gasteiger partial charge in [-0.1, -0.05) is 30.5 Å². The zero-order chi connectivity index (χ0) is 19.4. The molecule has 3 nitrogen and oxygen atoms in total. The SMILES string of the molecule is CN(C)C(=O)C1(NCC[C@H]2CC[C@@H](c3ccc(F)cc3Cl)CC2)CCCC1. The Hall–Kier alpha value is -1.13. The maximum absolute atomic E-state index is 13.3. The molecule has 1 N–H and O–H groups in total. The molecule has 1 aromatic carbocycles. The third-order valence-electron chi connectivity index (χ3n) is 6.54. The molecule has 0 spiro atoms. The summed E-state index contributed by atoms with van der Waals surface area (Å²) in [5.74, 6) is 1.10. The van der Waals surface area contributed by atoms with Gasteiger partial charge in [-0.15, -0.1) is 0 Å². The molecule has 0 aliphatic heterocycles. The second-order valence-electron chi connectivity index (χ2n) is 8.59. The maximum Gasteiger partial charge on any atom is 0.242 e. The summed E-state index contributed by atoms with van der Waals surface area (Å²) in [4.78, 5) is 14.4. The number of carbonyl (C=O) groups excluding carboxylic acids is 1. The van der Waals surface area contributed by atoms with Crippen molar-refractivity contribution in [3.63, 3.8) is 0 Å². The van der Waals surface area contributed by atoms with E-state index in [0.717, 1.165) is 57.1 Å². The Morgan fingerprint density at radius 3 is 2.48 bits per heavy atom. The lowest BCUT2D eigenvalue weighted by molar-refractivity contribution is -0.135. The number of amides is 1. The molecule has 5 heteroatoms. The fourth-order valence-corrected chi connectivity index (χ4v) is 5.30. The smallest absolute Gasteiger partial charge is 0.242 e. The lowest BCUT2D eigenvalue weighted by Gasteiger charge is -2.34. The molecule has 0 heterocycles. The van der Waals surface area contributed by atoms with E-state index >= 15 is 0 Å². The number of carbonyl (C=O) groups is 1. The van der Waals surface area contributed by atoms with E-state index in [9.17, 15) is 9.18 Å². The molecule has 2 aliphatic carbocycles. The van der Waals surface area contributed by atoms with Crippen molar-refractivity contribution in [3.8, 4) is 0 Å². The summed E-state index contributed by atoms with van der Waals surface area (Å²) in [5, 5.41) is 4.19. The normalized spacial score (nSPS) is 24.7. The average molecular weight is 395 g/mol. The van der Waals surface area contributed by atoms with Gasteiger partial charge in [0.2, 0.25) is 5.91 Å². The average Bonchev–Trinajstić information content (AvgIpc) is 3.12. The Morgan fingerprint density at radius 2 is 1.89 bits per heavy atom. The van der Waals surface area contributed by atoms with Crippen molar-refractivity contribution < 1.29 is 9.18 Å². The van der Waals surface area contributed by atoms with E-state index in [1.54, 1.807) is 4.90 Å². The van der Waals surface area contributed by atoms with Crippen LogP contribution in [0.1, 0.15) is 69.3 Å². The molecule has 2 aliphatic rings.